The first-order valence-electron chi connectivity index (χ1n) is 7.91. The smallest absolute Gasteiger partial charge is 0.343 e. The molecule has 3 rings (SSSR count). The zero-order valence-corrected chi connectivity index (χ0v) is 14.9. The predicted molar refractivity (Wildman–Crippen MR) is 88.6 cm³/mol. The Hall–Kier alpha value is -1.67. The molecule has 136 valence electrons. The van der Waals surface area contributed by atoms with Crippen LogP contribution < -0.4 is 0 Å². The minimum atomic E-state index is -3.13. The Morgan fingerprint density at radius 3 is 2.52 bits per heavy atom. The zero-order valence-electron chi connectivity index (χ0n) is 13.3. The minimum Gasteiger partial charge on any atom is -0.452 e. The summed E-state index contributed by atoms with van der Waals surface area (Å²) < 4.78 is 41.9. The number of nitrogens with zero attached hydrogens (tertiary/aromatic N) is 1. The summed E-state index contributed by atoms with van der Waals surface area (Å²) in [6.45, 7) is -0.573. The van der Waals surface area contributed by atoms with Crippen molar-refractivity contribution in [2.24, 2.45) is 0 Å². The molecule has 0 bridgehead atoms. The molecule has 1 atom stereocenters. The number of rotatable bonds is 5. The molecule has 1 amide bonds. The second kappa shape index (κ2) is 6.92. The minimum absolute atomic E-state index is 0.0125. The van der Waals surface area contributed by atoms with Crippen LogP contribution in [0.25, 0.3) is 0 Å². The second-order valence-corrected chi connectivity index (χ2v) is 8.90. The van der Waals surface area contributed by atoms with E-state index in [9.17, 15) is 22.4 Å². The SMILES string of the molecule is O=C(OCC(=O)N(C1CC1)[C@@H]1CCS(=O)(=O)C1)c1c(F)cccc1Cl. The quantitative estimate of drug-likeness (QED) is 0.717. The topological polar surface area (TPSA) is 80.8 Å². The Labute approximate surface area is 149 Å². The molecule has 1 saturated heterocycles. The number of carbonyl (C=O) groups excluding carboxylic acids is 2. The van der Waals surface area contributed by atoms with E-state index in [1.165, 1.54) is 17.0 Å². The van der Waals surface area contributed by atoms with Gasteiger partial charge in [0, 0.05) is 12.1 Å². The van der Waals surface area contributed by atoms with Crippen molar-refractivity contribution in [3.05, 3.63) is 34.6 Å². The fourth-order valence-corrected chi connectivity index (χ4v) is 4.97. The van der Waals surface area contributed by atoms with Crippen molar-refractivity contribution in [2.75, 3.05) is 18.1 Å². The van der Waals surface area contributed by atoms with Crippen molar-refractivity contribution < 1.29 is 27.1 Å². The molecule has 6 nitrogen and oxygen atoms in total. The first-order valence-corrected chi connectivity index (χ1v) is 10.1. The van der Waals surface area contributed by atoms with Crippen LogP contribution in [0.5, 0.6) is 0 Å². The van der Waals surface area contributed by atoms with Crippen LogP contribution >= 0.6 is 11.6 Å². The van der Waals surface area contributed by atoms with Crippen LogP contribution in [0.2, 0.25) is 5.02 Å². The van der Waals surface area contributed by atoms with Gasteiger partial charge >= 0.3 is 5.97 Å². The highest BCUT2D eigenvalue weighted by molar-refractivity contribution is 7.91. The highest BCUT2D eigenvalue weighted by Crippen LogP contribution is 2.32. The molecule has 2 fully saturated rings. The largest absolute Gasteiger partial charge is 0.452 e. The number of benzene rings is 1. The Kier molecular flexibility index (Phi) is 5.02. The van der Waals surface area contributed by atoms with Gasteiger partial charge in [-0.25, -0.2) is 17.6 Å². The van der Waals surface area contributed by atoms with E-state index in [1.54, 1.807) is 0 Å². The standard InChI is InChI=1S/C16H17ClFNO5S/c17-12-2-1-3-13(18)15(12)16(21)24-8-14(20)19(10-4-5-10)11-6-7-25(22,23)9-11/h1-3,10-11H,4-9H2/t11-/m1/s1. The van der Waals surface area contributed by atoms with Crippen molar-refractivity contribution in [1.82, 2.24) is 4.90 Å². The third-order valence-electron chi connectivity index (χ3n) is 4.32. The number of esters is 1. The summed E-state index contributed by atoms with van der Waals surface area (Å²) in [5.41, 5.74) is -0.418. The Morgan fingerprint density at radius 1 is 1.24 bits per heavy atom. The van der Waals surface area contributed by atoms with Gasteiger partial charge in [0.1, 0.15) is 11.4 Å². The van der Waals surface area contributed by atoms with E-state index in [2.05, 4.69) is 0 Å². The van der Waals surface area contributed by atoms with Crippen LogP contribution in [-0.4, -0.2) is 55.4 Å². The number of hydrogen-bond acceptors (Lipinski definition) is 5. The van der Waals surface area contributed by atoms with Gasteiger partial charge < -0.3 is 9.64 Å². The molecule has 0 spiro atoms. The molecule has 1 aliphatic carbocycles. The van der Waals surface area contributed by atoms with Crippen LogP contribution in [-0.2, 0) is 19.4 Å². The van der Waals surface area contributed by atoms with Gasteiger partial charge in [0.05, 0.1) is 16.5 Å². The van der Waals surface area contributed by atoms with Gasteiger partial charge in [-0.05, 0) is 31.4 Å². The predicted octanol–water partition coefficient (Wildman–Crippen LogP) is 1.81. The van der Waals surface area contributed by atoms with E-state index in [0.717, 1.165) is 18.9 Å². The number of ether oxygens (including phenoxy) is 1. The highest BCUT2D eigenvalue weighted by Gasteiger charge is 2.42. The maximum atomic E-state index is 13.7. The molecule has 25 heavy (non-hydrogen) atoms. The fraction of sp³-hybridized carbons (Fsp3) is 0.500. The monoisotopic (exact) mass is 389 g/mol. The zero-order chi connectivity index (χ0) is 18.2. The fourth-order valence-electron chi connectivity index (χ4n) is 3.02. The maximum Gasteiger partial charge on any atom is 0.343 e. The number of halogens is 2. The van der Waals surface area contributed by atoms with Gasteiger partial charge in [-0.3, -0.25) is 4.79 Å². The lowest BCUT2D eigenvalue weighted by atomic mass is 10.2. The van der Waals surface area contributed by atoms with Gasteiger partial charge in [0.15, 0.2) is 16.4 Å². The Balaban J connectivity index is 1.65. The van der Waals surface area contributed by atoms with Crippen LogP contribution in [0.3, 0.4) is 0 Å². The van der Waals surface area contributed by atoms with Crippen LogP contribution in [0.4, 0.5) is 4.39 Å². The second-order valence-electron chi connectivity index (χ2n) is 6.26. The van der Waals surface area contributed by atoms with Gasteiger partial charge in [-0.2, -0.15) is 0 Å². The molecule has 0 unspecified atom stereocenters. The highest BCUT2D eigenvalue weighted by atomic mass is 35.5. The van der Waals surface area contributed by atoms with Crippen molar-refractivity contribution in [3.8, 4) is 0 Å². The normalized spacial score (nSPS) is 21.8. The number of carbonyl (C=O) groups is 2. The first-order chi connectivity index (χ1) is 11.8. The first kappa shape index (κ1) is 18.1. The molecular formula is C16H17ClFNO5S. The van der Waals surface area contributed by atoms with Gasteiger partial charge in [0.25, 0.3) is 5.91 Å². The van der Waals surface area contributed by atoms with Crippen molar-refractivity contribution in [2.45, 2.75) is 31.3 Å². The summed E-state index contributed by atoms with van der Waals surface area (Å²) in [4.78, 5) is 26.0. The van der Waals surface area contributed by atoms with Gasteiger partial charge in [-0.1, -0.05) is 17.7 Å². The van der Waals surface area contributed by atoms with E-state index in [-0.39, 0.29) is 28.6 Å². The summed E-state index contributed by atoms with van der Waals surface area (Å²) in [6.07, 6.45) is 1.99. The number of hydrogen-bond donors (Lipinski definition) is 0. The van der Waals surface area contributed by atoms with E-state index >= 15 is 0 Å². The van der Waals surface area contributed by atoms with E-state index < -0.39 is 39.7 Å². The summed E-state index contributed by atoms with van der Waals surface area (Å²) in [5, 5.41) is -0.0987. The van der Waals surface area contributed by atoms with E-state index in [4.69, 9.17) is 16.3 Å². The lowest BCUT2D eigenvalue weighted by Gasteiger charge is -2.28. The molecule has 9 heteroatoms. The summed E-state index contributed by atoms with van der Waals surface area (Å²) in [6, 6.07) is 3.38. The molecule has 1 aromatic carbocycles. The Bertz CT molecular complexity index is 788. The third kappa shape index (κ3) is 4.12. The van der Waals surface area contributed by atoms with E-state index in [0.29, 0.717) is 6.42 Å². The third-order valence-corrected chi connectivity index (χ3v) is 6.39. The number of sulfone groups is 1. The maximum absolute atomic E-state index is 13.7. The Morgan fingerprint density at radius 2 is 1.96 bits per heavy atom. The van der Waals surface area contributed by atoms with Crippen molar-refractivity contribution in [3.63, 3.8) is 0 Å². The van der Waals surface area contributed by atoms with Crippen LogP contribution in [0.15, 0.2) is 18.2 Å². The summed E-state index contributed by atoms with van der Waals surface area (Å²) in [5.74, 6) is -2.33. The van der Waals surface area contributed by atoms with Gasteiger partial charge in [-0.15, -0.1) is 0 Å². The van der Waals surface area contributed by atoms with Gasteiger partial charge in [0.2, 0.25) is 0 Å². The average Bonchev–Trinajstić information content (AvgIpc) is 3.29. The van der Waals surface area contributed by atoms with Crippen molar-refractivity contribution >= 4 is 33.3 Å². The number of amides is 1. The molecule has 2 aliphatic rings. The molecule has 1 saturated carbocycles. The van der Waals surface area contributed by atoms with Crippen LogP contribution in [0, 0.1) is 5.82 Å². The van der Waals surface area contributed by atoms with E-state index in [1.807, 2.05) is 0 Å². The lowest BCUT2D eigenvalue weighted by molar-refractivity contribution is -0.137. The van der Waals surface area contributed by atoms with Crippen molar-refractivity contribution in [1.29, 1.82) is 0 Å². The molecular weight excluding hydrogens is 373 g/mol. The summed E-state index contributed by atoms with van der Waals surface area (Å²) >= 11 is 5.79. The molecule has 0 N–H and O–H groups in total. The van der Waals surface area contributed by atoms with Crippen LogP contribution in [0.1, 0.15) is 29.6 Å². The summed E-state index contributed by atoms with van der Waals surface area (Å²) in [7, 11) is -3.13. The average molecular weight is 390 g/mol. The molecule has 1 aromatic rings. The molecule has 1 heterocycles. The lowest BCUT2D eigenvalue weighted by Crippen LogP contribution is -2.44. The molecule has 1 aliphatic heterocycles. The molecule has 0 aromatic heterocycles. The molecule has 0 radical (unpaired) electrons.